The Morgan fingerprint density at radius 2 is 1.76 bits per heavy atom. The first-order valence-corrected chi connectivity index (χ1v) is 7.89. The van der Waals surface area contributed by atoms with Crippen LogP contribution < -0.4 is 4.74 Å². The molecule has 0 saturated heterocycles. The average molecular weight is 335 g/mol. The van der Waals surface area contributed by atoms with Crippen LogP contribution in [0, 0.1) is 0 Å². The van der Waals surface area contributed by atoms with E-state index in [4.69, 9.17) is 9.47 Å². The maximum Gasteiger partial charge on any atom is 0.339 e. The van der Waals surface area contributed by atoms with E-state index in [0.717, 1.165) is 11.1 Å². The van der Waals surface area contributed by atoms with Crippen molar-refractivity contribution in [2.45, 2.75) is 6.42 Å². The number of nitrogens with zero attached hydrogens (tertiary/aromatic N) is 3. The molecule has 0 fully saturated rings. The second kappa shape index (κ2) is 8.54. The van der Waals surface area contributed by atoms with Gasteiger partial charge in [-0.3, -0.25) is 9.97 Å². The molecule has 0 spiro atoms. The number of hydrogen-bond donors (Lipinski definition) is 0. The molecule has 0 aromatic carbocycles. The Labute approximate surface area is 145 Å². The van der Waals surface area contributed by atoms with Crippen molar-refractivity contribution in [3.63, 3.8) is 0 Å². The fourth-order valence-corrected chi connectivity index (χ4v) is 2.15. The highest BCUT2D eigenvalue weighted by Crippen LogP contribution is 2.19. The van der Waals surface area contributed by atoms with Crippen molar-refractivity contribution in [3.05, 3.63) is 72.9 Å². The van der Waals surface area contributed by atoms with Crippen LogP contribution in [0.4, 0.5) is 0 Å². The minimum absolute atomic E-state index is 0.281. The second-order valence-corrected chi connectivity index (χ2v) is 5.20. The van der Waals surface area contributed by atoms with Gasteiger partial charge < -0.3 is 9.47 Å². The smallest absolute Gasteiger partial charge is 0.339 e. The van der Waals surface area contributed by atoms with Gasteiger partial charge in [-0.15, -0.1) is 0 Å². The summed E-state index contributed by atoms with van der Waals surface area (Å²) in [6.45, 7) is 0.699. The third-order valence-corrected chi connectivity index (χ3v) is 3.42. The first kappa shape index (κ1) is 16.6. The van der Waals surface area contributed by atoms with Gasteiger partial charge in [0, 0.05) is 49.0 Å². The van der Waals surface area contributed by atoms with Crippen molar-refractivity contribution >= 4 is 5.97 Å². The predicted octanol–water partition coefficient (Wildman–Crippen LogP) is 3.16. The van der Waals surface area contributed by atoms with E-state index in [2.05, 4.69) is 15.0 Å². The Morgan fingerprint density at radius 3 is 2.48 bits per heavy atom. The molecule has 0 bridgehead atoms. The minimum Gasteiger partial charge on any atom is -0.478 e. The lowest BCUT2D eigenvalue weighted by atomic mass is 10.1. The highest BCUT2D eigenvalue weighted by atomic mass is 16.5. The fraction of sp³-hybridized carbons (Fsp3) is 0.158. The zero-order valence-corrected chi connectivity index (χ0v) is 13.5. The zero-order chi connectivity index (χ0) is 17.3. The van der Waals surface area contributed by atoms with Gasteiger partial charge >= 0.3 is 5.97 Å². The molecule has 3 aromatic heterocycles. The summed E-state index contributed by atoms with van der Waals surface area (Å²) in [5.74, 6) is 0.157. The third kappa shape index (κ3) is 4.84. The lowest BCUT2D eigenvalue weighted by molar-refractivity contribution is 0.0485. The molecule has 0 atom stereocenters. The van der Waals surface area contributed by atoms with E-state index in [0.29, 0.717) is 24.5 Å². The van der Waals surface area contributed by atoms with Gasteiger partial charge in [0.05, 0.1) is 18.8 Å². The fourth-order valence-electron chi connectivity index (χ4n) is 2.15. The van der Waals surface area contributed by atoms with Gasteiger partial charge in [-0.05, 0) is 35.9 Å². The molecule has 0 amide bonds. The van der Waals surface area contributed by atoms with Gasteiger partial charge in [0.15, 0.2) is 0 Å². The summed E-state index contributed by atoms with van der Waals surface area (Å²) in [6.07, 6.45) is 8.91. The Morgan fingerprint density at radius 1 is 0.880 bits per heavy atom. The number of hydrogen-bond acceptors (Lipinski definition) is 6. The van der Waals surface area contributed by atoms with E-state index in [1.165, 1.54) is 6.20 Å². The molecular weight excluding hydrogens is 318 g/mol. The van der Waals surface area contributed by atoms with E-state index >= 15 is 0 Å². The Kier molecular flexibility index (Phi) is 5.66. The van der Waals surface area contributed by atoms with Crippen LogP contribution in [0.25, 0.3) is 11.1 Å². The lowest BCUT2D eigenvalue weighted by Crippen LogP contribution is -2.09. The Hall–Kier alpha value is -3.28. The van der Waals surface area contributed by atoms with Crippen LogP contribution in [0.15, 0.2) is 67.4 Å². The third-order valence-electron chi connectivity index (χ3n) is 3.42. The standard InChI is InChI=1S/C19H17N3O3/c23-19(17-3-1-8-21-13-17)25-12-2-11-24-18-5-4-16(14-22-18)15-6-9-20-10-7-15/h1,3-10,13-14H,2,11-12H2. The highest BCUT2D eigenvalue weighted by molar-refractivity contribution is 5.88. The summed E-state index contributed by atoms with van der Waals surface area (Å²) in [6, 6.07) is 11.0. The number of esters is 1. The minimum atomic E-state index is -0.382. The molecule has 3 heterocycles. The van der Waals surface area contributed by atoms with E-state index in [9.17, 15) is 4.79 Å². The van der Waals surface area contributed by atoms with Gasteiger partial charge in [-0.2, -0.15) is 0 Å². The molecule has 3 aromatic rings. The van der Waals surface area contributed by atoms with E-state index < -0.39 is 0 Å². The van der Waals surface area contributed by atoms with Crippen LogP contribution in [0.5, 0.6) is 5.88 Å². The van der Waals surface area contributed by atoms with E-state index in [1.54, 1.807) is 36.9 Å². The van der Waals surface area contributed by atoms with Gasteiger partial charge in [-0.1, -0.05) is 0 Å². The molecule has 0 radical (unpaired) electrons. The average Bonchev–Trinajstić information content (AvgIpc) is 2.69. The van der Waals surface area contributed by atoms with Crippen LogP contribution in [0.1, 0.15) is 16.8 Å². The Balaban J connectivity index is 1.40. The van der Waals surface area contributed by atoms with Crippen LogP contribution in [0.3, 0.4) is 0 Å². The quantitative estimate of drug-likeness (QED) is 0.488. The summed E-state index contributed by atoms with van der Waals surface area (Å²) in [7, 11) is 0. The summed E-state index contributed by atoms with van der Waals surface area (Å²) in [5, 5.41) is 0. The second-order valence-electron chi connectivity index (χ2n) is 5.20. The van der Waals surface area contributed by atoms with Gasteiger partial charge in [0.25, 0.3) is 0 Å². The maximum absolute atomic E-state index is 11.7. The molecule has 3 rings (SSSR count). The molecular formula is C19H17N3O3. The van der Waals surface area contributed by atoms with Gasteiger partial charge in [0.2, 0.25) is 5.88 Å². The summed E-state index contributed by atoms with van der Waals surface area (Å²) in [5.41, 5.74) is 2.49. The van der Waals surface area contributed by atoms with Crippen molar-refractivity contribution in [1.82, 2.24) is 15.0 Å². The number of aromatic nitrogens is 3. The largest absolute Gasteiger partial charge is 0.478 e. The predicted molar refractivity (Wildman–Crippen MR) is 92.1 cm³/mol. The molecule has 0 saturated carbocycles. The van der Waals surface area contributed by atoms with Crippen molar-refractivity contribution in [2.24, 2.45) is 0 Å². The van der Waals surface area contributed by atoms with Gasteiger partial charge in [-0.25, -0.2) is 9.78 Å². The zero-order valence-electron chi connectivity index (χ0n) is 13.5. The van der Waals surface area contributed by atoms with E-state index in [-0.39, 0.29) is 12.6 Å². The molecule has 0 N–H and O–H groups in total. The molecule has 6 nitrogen and oxygen atoms in total. The summed E-state index contributed by atoms with van der Waals surface area (Å²) < 4.78 is 10.7. The molecule has 0 unspecified atom stereocenters. The highest BCUT2D eigenvalue weighted by Gasteiger charge is 2.06. The van der Waals surface area contributed by atoms with Crippen molar-refractivity contribution in [1.29, 1.82) is 0 Å². The lowest BCUT2D eigenvalue weighted by Gasteiger charge is -2.07. The number of pyridine rings is 3. The SMILES string of the molecule is O=C(OCCCOc1ccc(-c2ccncc2)cn1)c1cccnc1. The number of ether oxygens (including phenoxy) is 2. The number of carbonyl (C=O) groups excluding carboxylic acids is 1. The number of carbonyl (C=O) groups is 1. The molecule has 0 aliphatic heterocycles. The van der Waals surface area contributed by atoms with E-state index in [1.807, 2.05) is 24.3 Å². The normalized spacial score (nSPS) is 10.2. The van der Waals surface area contributed by atoms with Crippen molar-refractivity contribution < 1.29 is 14.3 Å². The molecule has 126 valence electrons. The molecule has 0 aliphatic carbocycles. The monoisotopic (exact) mass is 335 g/mol. The van der Waals surface area contributed by atoms with Crippen LogP contribution >= 0.6 is 0 Å². The summed E-state index contributed by atoms with van der Waals surface area (Å²) in [4.78, 5) is 23.9. The summed E-state index contributed by atoms with van der Waals surface area (Å²) >= 11 is 0. The van der Waals surface area contributed by atoms with Crippen molar-refractivity contribution in [2.75, 3.05) is 13.2 Å². The molecule has 0 aliphatic rings. The Bertz CT molecular complexity index is 793. The topological polar surface area (TPSA) is 74.2 Å². The van der Waals surface area contributed by atoms with Crippen LogP contribution in [0.2, 0.25) is 0 Å². The first-order valence-electron chi connectivity index (χ1n) is 7.89. The van der Waals surface area contributed by atoms with Crippen LogP contribution in [-0.4, -0.2) is 34.1 Å². The van der Waals surface area contributed by atoms with Crippen molar-refractivity contribution in [3.8, 4) is 17.0 Å². The van der Waals surface area contributed by atoms with Gasteiger partial charge in [0.1, 0.15) is 0 Å². The molecule has 25 heavy (non-hydrogen) atoms. The first-order chi connectivity index (χ1) is 12.3. The van der Waals surface area contributed by atoms with Crippen LogP contribution in [-0.2, 0) is 4.74 Å². The maximum atomic E-state index is 11.7. The molecule has 6 heteroatoms. The number of rotatable bonds is 7.